The maximum Gasteiger partial charge on any atom is 0.0561 e. The van der Waals surface area contributed by atoms with Gasteiger partial charge in [-0.25, -0.2) is 0 Å². The molecule has 12 rings (SSSR count). The zero-order chi connectivity index (χ0) is 45.6. The molecule has 0 unspecified atom stereocenters. The number of hydrogen-bond acceptors (Lipinski definition) is 2. The summed E-state index contributed by atoms with van der Waals surface area (Å²) in [5, 5.41) is 7.35. The van der Waals surface area contributed by atoms with E-state index in [2.05, 4.69) is 278 Å². The van der Waals surface area contributed by atoms with E-state index in [4.69, 9.17) is 0 Å². The van der Waals surface area contributed by atoms with Gasteiger partial charge in [0, 0.05) is 38.9 Å². The second kappa shape index (κ2) is 17.3. The molecular weight excluding hydrogens is 821 g/mol. The zero-order valence-corrected chi connectivity index (χ0v) is 38.1. The van der Waals surface area contributed by atoms with Crippen molar-refractivity contribution in [3.05, 3.63) is 266 Å². The maximum absolute atomic E-state index is 2.52. The molecule has 322 valence electrons. The minimum atomic E-state index is 1.08. The van der Waals surface area contributed by atoms with E-state index in [0.29, 0.717) is 0 Å². The fraction of sp³-hybridized carbons (Fsp3) is 0.0303. The van der Waals surface area contributed by atoms with Crippen LogP contribution in [0.3, 0.4) is 0 Å². The average Bonchev–Trinajstić information content (AvgIpc) is 3.41. The van der Waals surface area contributed by atoms with Gasteiger partial charge in [0.15, 0.2) is 0 Å². The number of hydrogen-bond donors (Lipinski definition) is 0. The second-order valence-electron chi connectivity index (χ2n) is 17.8. The quantitative estimate of drug-likeness (QED) is 0.126. The summed E-state index contributed by atoms with van der Waals surface area (Å²) in [6.45, 7) is 4.49. The predicted molar refractivity (Wildman–Crippen MR) is 291 cm³/mol. The largest absolute Gasteiger partial charge is 0.309 e. The van der Waals surface area contributed by atoms with Gasteiger partial charge in [0.2, 0.25) is 0 Å². The molecule has 0 heterocycles. The van der Waals surface area contributed by atoms with Gasteiger partial charge in [0.1, 0.15) is 0 Å². The Balaban J connectivity index is 1.21. The molecule has 0 aliphatic rings. The number of rotatable bonds is 10. The van der Waals surface area contributed by atoms with Gasteiger partial charge in [0.25, 0.3) is 0 Å². The van der Waals surface area contributed by atoms with E-state index >= 15 is 0 Å². The Labute approximate surface area is 398 Å². The van der Waals surface area contributed by atoms with Gasteiger partial charge in [0.05, 0.1) is 11.4 Å². The van der Waals surface area contributed by atoms with Gasteiger partial charge < -0.3 is 9.80 Å². The SMILES string of the molecule is Cc1ccc(-c2ccccc2)cc1N(c1cccc(-c2ccccc2)c1)c1cc(N(c2cccc(-c3ccccc3)c2)c2cc(-c3ccccc3)ccc2C)c2ccc3cccc4ccc1c2c43. The third kappa shape index (κ3) is 7.33. The van der Waals surface area contributed by atoms with Crippen molar-refractivity contribution in [2.75, 3.05) is 9.80 Å². The molecule has 2 heteroatoms. The molecule has 12 aromatic carbocycles. The Bertz CT molecular complexity index is 3510. The van der Waals surface area contributed by atoms with Crippen molar-refractivity contribution in [1.29, 1.82) is 0 Å². The van der Waals surface area contributed by atoms with E-state index in [1.54, 1.807) is 0 Å². The molecule has 0 aliphatic carbocycles. The Kier molecular flexibility index (Phi) is 10.3. The number of nitrogens with zero attached hydrogens (tertiary/aromatic N) is 2. The summed E-state index contributed by atoms with van der Waals surface area (Å²) < 4.78 is 0. The van der Waals surface area contributed by atoms with Crippen LogP contribution in [0.25, 0.3) is 76.8 Å². The van der Waals surface area contributed by atoms with Crippen molar-refractivity contribution in [2.24, 2.45) is 0 Å². The van der Waals surface area contributed by atoms with Crippen LogP contribution in [0, 0.1) is 13.8 Å². The Morgan fingerprint density at radius 1 is 0.235 bits per heavy atom. The highest BCUT2D eigenvalue weighted by Crippen LogP contribution is 2.52. The van der Waals surface area contributed by atoms with E-state index in [0.717, 1.165) is 45.3 Å². The minimum Gasteiger partial charge on any atom is -0.309 e. The van der Waals surface area contributed by atoms with Crippen molar-refractivity contribution in [3.63, 3.8) is 0 Å². The predicted octanol–water partition coefficient (Wildman–Crippen LogP) is 18.8. The first-order valence-electron chi connectivity index (χ1n) is 23.5. The average molecular weight is 869 g/mol. The van der Waals surface area contributed by atoms with Gasteiger partial charge in [-0.3, -0.25) is 0 Å². The van der Waals surface area contributed by atoms with Crippen LogP contribution in [0.5, 0.6) is 0 Å². The number of anilines is 6. The fourth-order valence-corrected chi connectivity index (χ4v) is 10.2. The van der Waals surface area contributed by atoms with Crippen LogP contribution in [-0.2, 0) is 0 Å². The number of benzene rings is 12. The molecular formula is C66H48N2. The van der Waals surface area contributed by atoms with E-state index in [1.165, 1.54) is 76.8 Å². The summed E-state index contributed by atoms with van der Waals surface area (Å²) in [5.74, 6) is 0. The van der Waals surface area contributed by atoms with Gasteiger partial charge in [-0.15, -0.1) is 0 Å². The molecule has 0 aromatic heterocycles. The lowest BCUT2D eigenvalue weighted by atomic mass is 9.90. The first kappa shape index (κ1) is 40.8. The Morgan fingerprint density at radius 2 is 0.588 bits per heavy atom. The van der Waals surface area contributed by atoms with E-state index in [1.807, 2.05) is 0 Å². The molecule has 0 bridgehead atoms. The van der Waals surface area contributed by atoms with Crippen molar-refractivity contribution in [2.45, 2.75) is 13.8 Å². The second-order valence-corrected chi connectivity index (χ2v) is 17.8. The molecule has 0 fully saturated rings. The summed E-state index contributed by atoms with van der Waals surface area (Å²) in [4.78, 5) is 5.05. The molecule has 12 aromatic rings. The van der Waals surface area contributed by atoms with Crippen molar-refractivity contribution in [3.8, 4) is 44.5 Å². The first-order chi connectivity index (χ1) is 33.6. The smallest absolute Gasteiger partial charge is 0.0561 e. The van der Waals surface area contributed by atoms with Crippen LogP contribution in [0.4, 0.5) is 34.1 Å². The third-order valence-electron chi connectivity index (χ3n) is 13.6. The van der Waals surface area contributed by atoms with Gasteiger partial charge in [-0.2, -0.15) is 0 Å². The summed E-state index contributed by atoms with van der Waals surface area (Å²) in [6, 6.07) is 93.4. The molecule has 2 nitrogen and oxygen atoms in total. The van der Waals surface area contributed by atoms with Crippen LogP contribution >= 0.6 is 0 Å². The highest BCUT2D eigenvalue weighted by Gasteiger charge is 2.27. The van der Waals surface area contributed by atoms with E-state index < -0.39 is 0 Å². The zero-order valence-electron chi connectivity index (χ0n) is 38.1. The Morgan fingerprint density at radius 3 is 0.985 bits per heavy atom. The normalized spacial score (nSPS) is 11.4. The molecule has 0 saturated heterocycles. The van der Waals surface area contributed by atoms with Gasteiger partial charge in [-0.1, -0.05) is 212 Å². The van der Waals surface area contributed by atoms with Crippen LogP contribution in [0.2, 0.25) is 0 Å². The first-order valence-corrected chi connectivity index (χ1v) is 23.5. The lowest BCUT2D eigenvalue weighted by Crippen LogP contribution is -2.16. The monoisotopic (exact) mass is 868 g/mol. The molecule has 0 amide bonds. The molecule has 0 aliphatic heterocycles. The van der Waals surface area contributed by atoms with E-state index in [-0.39, 0.29) is 0 Å². The lowest BCUT2D eigenvalue weighted by molar-refractivity contribution is 1.24. The minimum absolute atomic E-state index is 1.08. The fourth-order valence-electron chi connectivity index (χ4n) is 10.2. The molecule has 0 radical (unpaired) electrons. The lowest BCUT2D eigenvalue weighted by Gasteiger charge is -2.34. The van der Waals surface area contributed by atoms with Gasteiger partial charge >= 0.3 is 0 Å². The molecule has 0 spiro atoms. The summed E-state index contributed by atoms with van der Waals surface area (Å²) >= 11 is 0. The number of aryl methyl sites for hydroxylation is 2. The van der Waals surface area contributed by atoms with Crippen molar-refractivity contribution in [1.82, 2.24) is 0 Å². The summed E-state index contributed by atoms with van der Waals surface area (Å²) in [7, 11) is 0. The summed E-state index contributed by atoms with van der Waals surface area (Å²) in [5.41, 5.74) is 18.4. The maximum atomic E-state index is 2.52. The van der Waals surface area contributed by atoms with Crippen LogP contribution < -0.4 is 9.80 Å². The van der Waals surface area contributed by atoms with Crippen molar-refractivity contribution < 1.29 is 0 Å². The van der Waals surface area contributed by atoms with Crippen molar-refractivity contribution >= 4 is 66.4 Å². The van der Waals surface area contributed by atoms with E-state index in [9.17, 15) is 0 Å². The Hall–Kier alpha value is -8.72. The standard InChI is InChI=1S/C66H48N2/c1-45-32-34-55(49-22-11-5-12-23-49)42-61(45)67(57-30-16-28-53(40-57)47-18-7-3-8-19-47)63-44-64(60-39-37-52-27-15-26-51-36-38-59(63)66(60)65(51)52)68(58-31-17-29-54(41-58)48-20-9-4-10-21-48)62-43-56(35-33-46(62)2)50-24-13-6-14-25-50/h3-44H,1-2H3. The van der Waals surface area contributed by atoms with Crippen LogP contribution in [-0.4, -0.2) is 0 Å². The molecule has 0 saturated carbocycles. The highest BCUT2D eigenvalue weighted by atomic mass is 15.2. The molecule has 0 atom stereocenters. The van der Waals surface area contributed by atoms with Gasteiger partial charge in [-0.05, 0) is 128 Å². The molecule has 68 heavy (non-hydrogen) atoms. The third-order valence-corrected chi connectivity index (χ3v) is 13.6. The van der Waals surface area contributed by atoms with Crippen LogP contribution in [0.1, 0.15) is 11.1 Å². The highest BCUT2D eigenvalue weighted by molar-refractivity contribution is 6.29. The topological polar surface area (TPSA) is 6.48 Å². The van der Waals surface area contributed by atoms with Crippen LogP contribution in [0.15, 0.2) is 255 Å². The molecule has 0 N–H and O–H groups in total. The summed E-state index contributed by atoms with van der Waals surface area (Å²) in [6.07, 6.45) is 0.